The average molecular weight is 257 g/mol. The zero-order chi connectivity index (χ0) is 13.7. The third kappa shape index (κ3) is 3.13. The lowest BCUT2D eigenvalue weighted by atomic mass is 10.1. The van der Waals surface area contributed by atoms with Crippen LogP contribution in [0.5, 0.6) is 11.5 Å². The molecular formula is C16H19NO2. The maximum absolute atomic E-state index is 9.09. The first kappa shape index (κ1) is 13.6. The zero-order valence-electron chi connectivity index (χ0n) is 11.1. The van der Waals surface area contributed by atoms with Crippen LogP contribution < -0.4 is 10.5 Å². The van der Waals surface area contributed by atoms with E-state index in [2.05, 4.69) is 0 Å². The number of benzene rings is 2. The van der Waals surface area contributed by atoms with Crippen LogP contribution in [0.3, 0.4) is 0 Å². The molecule has 0 saturated heterocycles. The van der Waals surface area contributed by atoms with Gasteiger partial charge in [-0.1, -0.05) is 36.4 Å². The van der Waals surface area contributed by atoms with Gasteiger partial charge in [-0.3, -0.25) is 0 Å². The van der Waals surface area contributed by atoms with Crippen molar-refractivity contribution in [2.45, 2.75) is 19.9 Å². The van der Waals surface area contributed by atoms with Gasteiger partial charge in [-0.15, -0.1) is 0 Å². The molecule has 19 heavy (non-hydrogen) atoms. The van der Waals surface area contributed by atoms with Gasteiger partial charge >= 0.3 is 0 Å². The van der Waals surface area contributed by atoms with Gasteiger partial charge in [0.05, 0.1) is 0 Å². The predicted octanol–water partition coefficient (Wildman–Crippen LogP) is 2.78. The van der Waals surface area contributed by atoms with Crippen molar-refractivity contribution in [3.8, 4) is 11.5 Å². The van der Waals surface area contributed by atoms with Crippen LogP contribution in [0.2, 0.25) is 0 Å². The molecule has 2 aromatic carbocycles. The van der Waals surface area contributed by atoms with E-state index in [0.717, 1.165) is 28.2 Å². The molecule has 2 aromatic rings. The van der Waals surface area contributed by atoms with Crippen molar-refractivity contribution in [1.82, 2.24) is 0 Å². The minimum atomic E-state index is 0.109. The fraction of sp³-hybridized carbons (Fsp3) is 0.250. The Labute approximate surface area is 113 Å². The molecule has 0 saturated carbocycles. The molecule has 0 amide bonds. The van der Waals surface area contributed by atoms with Crippen molar-refractivity contribution in [1.29, 1.82) is 0 Å². The molecule has 0 aromatic heterocycles. The zero-order valence-corrected chi connectivity index (χ0v) is 11.1. The summed E-state index contributed by atoms with van der Waals surface area (Å²) in [7, 11) is 0. The molecule has 0 bridgehead atoms. The van der Waals surface area contributed by atoms with Crippen molar-refractivity contribution in [3.63, 3.8) is 0 Å². The molecule has 2 rings (SSSR count). The topological polar surface area (TPSA) is 55.5 Å². The Hall–Kier alpha value is -1.84. The smallest absolute Gasteiger partial charge is 0.134 e. The van der Waals surface area contributed by atoms with Crippen LogP contribution in [-0.4, -0.2) is 11.7 Å². The normalized spacial score (nSPS) is 10.5. The monoisotopic (exact) mass is 257 g/mol. The first-order chi connectivity index (χ1) is 9.26. The number of rotatable bonds is 5. The Morgan fingerprint density at radius 1 is 1.05 bits per heavy atom. The van der Waals surface area contributed by atoms with E-state index in [4.69, 9.17) is 15.6 Å². The Bertz CT molecular complexity index is 552. The summed E-state index contributed by atoms with van der Waals surface area (Å²) in [6.07, 6.45) is 0.583. The molecule has 0 fully saturated rings. The average Bonchev–Trinajstić information content (AvgIpc) is 2.43. The minimum Gasteiger partial charge on any atom is -0.456 e. The van der Waals surface area contributed by atoms with Crippen LogP contribution in [0, 0.1) is 6.92 Å². The van der Waals surface area contributed by atoms with E-state index < -0.39 is 0 Å². The number of nitrogens with two attached hydrogens (primary N) is 1. The fourth-order valence-electron chi connectivity index (χ4n) is 2.06. The summed E-state index contributed by atoms with van der Waals surface area (Å²) in [5, 5.41) is 9.09. The fourth-order valence-corrected chi connectivity index (χ4v) is 2.06. The molecule has 0 atom stereocenters. The molecule has 0 heterocycles. The third-order valence-electron chi connectivity index (χ3n) is 3.08. The summed E-state index contributed by atoms with van der Waals surface area (Å²) in [6, 6.07) is 13.7. The van der Waals surface area contributed by atoms with Gasteiger partial charge in [0.25, 0.3) is 0 Å². The highest BCUT2D eigenvalue weighted by molar-refractivity contribution is 5.45. The van der Waals surface area contributed by atoms with Gasteiger partial charge < -0.3 is 15.6 Å². The van der Waals surface area contributed by atoms with Crippen molar-refractivity contribution in [3.05, 3.63) is 59.2 Å². The lowest BCUT2D eigenvalue weighted by Crippen LogP contribution is -2.02. The van der Waals surface area contributed by atoms with Crippen LogP contribution in [0.1, 0.15) is 16.7 Å². The molecule has 3 heteroatoms. The van der Waals surface area contributed by atoms with Crippen molar-refractivity contribution in [2.24, 2.45) is 5.73 Å². The maximum Gasteiger partial charge on any atom is 0.134 e. The molecule has 0 radical (unpaired) electrons. The maximum atomic E-state index is 9.09. The van der Waals surface area contributed by atoms with E-state index >= 15 is 0 Å². The van der Waals surface area contributed by atoms with Crippen molar-refractivity contribution >= 4 is 0 Å². The van der Waals surface area contributed by atoms with Crippen LogP contribution >= 0.6 is 0 Å². The first-order valence-corrected chi connectivity index (χ1v) is 6.41. The molecule has 0 unspecified atom stereocenters. The first-order valence-electron chi connectivity index (χ1n) is 6.41. The standard InChI is InChI=1S/C16H19NO2/c1-12-5-4-7-14(11-17)16(12)19-15-8-3-2-6-13(15)9-10-18/h2-8,18H,9-11,17H2,1H3. The van der Waals surface area contributed by atoms with Gasteiger partial charge in [0.1, 0.15) is 11.5 Å². The Morgan fingerprint density at radius 3 is 2.53 bits per heavy atom. The van der Waals surface area contributed by atoms with E-state index in [0.29, 0.717) is 13.0 Å². The second-order valence-electron chi connectivity index (χ2n) is 4.45. The Morgan fingerprint density at radius 2 is 1.79 bits per heavy atom. The summed E-state index contributed by atoms with van der Waals surface area (Å²) in [5.41, 5.74) is 8.79. The third-order valence-corrected chi connectivity index (χ3v) is 3.08. The molecule has 3 N–H and O–H groups in total. The summed E-state index contributed by atoms with van der Waals surface area (Å²) < 4.78 is 6.02. The minimum absolute atomic E-state index is 0.109. The number of aliphatic hydroxyl groups is 1. The lowest BCUT2D eigenvalue weighted by molar-refractivity contribution is 0.298. The van der Waals surface area contributed by atoms with Crippen LogP contribution in [0.4, 0.5) is 0 Å². The van der Waals surface area contributed by atoms with Gasteiger partial charge in [-0.25, -0.2) is 0 Å². The van der Waals surface area contributed by atoms with Gasteiger partial charge in [-0.05, 0) is 30.5 Å². The summed E-state index contributed by atoms with van der Waals surface area (Å²) in [4.78, 5) is 0. The van der Waals surface area contributed by atoms with E-state index in [9.17, 15) is 0 Å². The number of ether oxygens (including phenoxy) is 1. The van der Waals surface area contributed by atoms with Crippen molar-refractivity contribution in [2.75, 3.05) is 6.61 Å². The van der Waals surface area contributed by atoms with Gasteiger partial charge in [0, 0.05) is 18.7 Å². The van der Waals surface area contributed by atoms with Crippen LogP contribution in [0.25, 0.3) is 0 Å². The number of aryl methyl sites for hydroxylation is 1. The highest BCUT2D eigenvalue weighted by Crippen LogP contribution is 2.31. The largest absolute Gasteiger partial charge is 0.456 e. The summed E-state index contributed by atoms with van der Waals surface area (Å²) >= 11 is 0. The number of hydrogen-bond donors (Lipinski definition) is 2. The van der Waals surface area contributed by atoms with Crippen LogP contribution in [0.15, 0.2) is 42.5 Å². The predicted molar refractivity (Wildman–Crippen MR) is 76.4 cm³/mol. The molecule has 100 valence electrons. The van der Waals surface area contributed by atoms with Crippen molar-refractivity contribution < 1.29 is 9.84 Å². The highest BCUT2D eigenvalue weighted by Gasteiger charge is 2.09. The summed E-state index contributed by atoms with van der Waals surface area (Å²) in [5.74, 6) is 1.59. The Balaban J connectivity index is 2.36. The van der Waals surface area contributed by atoms with Crippen LogP contribution in [-0.2, 0) is 13.0 Å². The number of hydrogen-bond acceptors (Lipinski definition) is 3. The summed E-state index contributed by atoms with van der Waals surface area (Å²) in [6.45, 7) is 2.56. The van der Waals surface area contributed by atoms with E-state index in [1.165, 1.54) is 0 Å². The van der Waals surface area contributed by atoms with Gasteiger partial charge in [0.15, 0.2) is 0 Å². The molecule has 0 aliphatic rings. The van der Waals surface area contributed by atoms with Gasteiger partial charge in [0.2, 0.25) is 0 Å². The molecule has 0 aliphatic heterocycles. The number of para-hydroxylation sites is 2. The second kappa shape index (κ2) is 6.36. The molecular weight excluding hydrogens is 238 g/mol. The molecule has 3 nitrogen and oxygen atoms in total. The Kier molecular flexibility index (Phi) is 4.55. The molecule has 0 aliphatic carbocycles. The number of aliphatic hydroxyl groups excluding tert-OH is 1. The highest BCUT2D eigenvalue weighted by atomic mass is 16.5. The van der Waals surface area contributed by atoms with Gasteiger partial charge in [-0.2, -0.15) is 0 Å². The van der Waals surface area contributed by atoms with E-state index in [1.54, 1.807) is 0 Å². The lowest BCUT2D eigenvalue weighted by Gasteiger charge is -2.15. The molecule has 0 spiro atoms. The quantitative estimate of drug-likeness (QED) is 0.866. The van der Waals surface area contributed by atoms with E-state index in [1.807, 2.05) is 49.4 Å². The van der Waals surface area contributed by atoms with E-state index in [-0.39, 0.29) is 6.61 Å². The second-order valence-corrected chi connectivity index (χ2v) is 4.45. The SMILES string of the molecule is Cc1cccc(CN)c1Oc1ccccc1CCO.